The molecule has 37 heavy (non-hydrogen) atoms. The number of benzene rings is 3. The third-order valence-electron chi connectivity index (χ3n) is 6.92. The van der Waals surface area contributed by atoms with Crippen molar-refractivity contribution >= 4 is 48.9 Å². The topological polar surface area (TPSA) is 3.24 Å². The van der Waals surface area contributed by atoms with Gasteiger partial charge in [0.1, 0.15) is 0 Å². The lowest BCUT2D eigenvalue weighted by molar-refractivity contribution is 0.568. The van der Waals surface area contributed by atoms with Gasteiger partial charge in [0, 0.05) is 26.0 Å². The second-order valence-electron chi connectivity index (χ2n) is 14.5. The summed E-state index contributed by atoms with van der Waals surface area (Å²) in [6, 6.07) is 20.8. The van der Waals surface area contributed by atoms with Crippen LogP contribution in [0, 0.1) is 0 Å². The van der Waals surface area contributed by atoms with Gasteiger partial charge in [0.05, 0.1) is 0 Å². The molecule has 0 aliphatic carbocycles. The summed E-state index contributed by atoms with van der Waals surface area (Å²) in [7, 11) is 0. The average molecular weight is 628 g/mol. The lowest BCUT2D eigenvalue weighted by Crippen LogP contribution is -2.21. The van der Waals surface area contributed by atoms with Crippen LogP contribution in [0.1, 0.15) is 105 Å². The van der Waals surface area contributed by atoms with Crippen molar-refractivity contribution in [1.29, 1.82) is 0 Å². The number of halogens is 2. The van der Waals surface area contributed by atoms with E-state index in [9.17, 15) is 0 Å². The molecule has 0 atom stereocenters. The van der Waals surface area contributed by atoms with Crippen molar-refractivity contribution in [2.24, 2.45) is 0 Å². The van der Waals surface area contributed by atoms with Crippen LogP contribution in [-0.2, 0) is 21.7 Å². The molecule has 0 bridgehead atoms. The van der Waals surface area contributed by atoms with Crippen molar-refractivity contribution in [3.63, 3.8) is 0 Å². The molecule has 3 rings (SSSR count). The summed E-state index contributed by atoms with van der Waals surface area (Å²) in [4.78, 5) is 2.43. The highest BCUT2D eigenvalue weighted by Crippen LogP contribution is 2.43. The normalized spacial score (nSPS) is 13.1. The Kier molecular flexibility index (Phi) is 8.25. The van der Waals surface area contributed by atoms with E-state index in [4.69, 9.17) is 0 Å². The number of anilines is 3. The molecule has 0 aliphatic rings. The maximum atomic E-state index is 3.75. The Bertz CT molecular complexity index is 1110. The van der Waals surface area contributed by atoms with Crippen LogP contribution in [-0.4, -0.2) is 0 Å². The van der Waals surface area contributed by atoms with E-state index in [2.05, 4.69) is 174 Å². The summed E-state index contributed by atoms with van der Waals surface area (Å²) in [6.45, 7) is 27.6. The molecule has 0 fully saturated rings. The van der Waals surface area contributed by atoms with Crippen molar-refractivity contribution in [3.05, 3.63) is 85.8 Å². The minimum Gasteiger partial charge on any atom is -0.310 e. The van der Waals surface area contributed by atoms with Crippen LogP contribution in [0.3, 0.4) is 0 Å². The van der Waals surface area contributed by atoms with Gasteiger partial charge in [-0.3, -0.25) is 0 Å². The van der Waals surface area contributed by atoms with E-state index in [1.165, 1.54) is 33.6 Å². The van der Waals surface area contributed by atoms with E-state index in [0.717, 1.165) is 14.6 Å². The molecule has 3 aromatic rings. The number of hydrogen-bond donors (Lipinski definition) is 0. The van der Waals surface area contributed by atoms with Crippen molar-refractivity contribution in [1.82, 2.24) is 0 Å². The van der Waals surface area contributed by atoms with E-state index in [1.807, 2.05) is 0 Å². The van der Waals surface area contributed by atoms with E-state index in [-0.39, 0.29) is 21.7 Å². The van der Waals surface area contributed by atoms with Crippen LogP contribution in [0.25, 0.3) is 0 Å². The Labute approximate surface area is 243 Å². The summed E-state index contributed by atoms with van der Waals surface area (Å²) in [5.74, 6) is 0. The molecule has 0 radical (unpaired) electrons. The fourth-order valence-corrected chi connectivity index (χ4v) is 5.60. The van der Waals surface area contributed by atoms with Gasteiger partial charge in [-0.05, 0) is 86.4 Å². The smallest absolute Gasteiger partial charge is 0.0484 e. The lowest BCUT2D eigenvalue weighted by Gasteiger charge is -2.33. The molecule has 0 saturated heterocycles. The fraction of sp³-hybridized carbons (Fsp3) is 0.471. The Morgan fingerprint density at radius 3 is 0.865 bits per heavy atom. The summed E-state index contributed by atoms with van der Waals surface area (Å²) in [6.07, 6.45) is 0. The van der Waals surface area contributed by atoms with Gasteiger partial charge in [-0.2, -0.15) is 0 Å². The van der Waals surface area contributed by atoms with Crippen molar-refractivity contribution < 1.29 is 0 Å². The van der Waals surface area contributed by atoms with Gasteiger partial charge in [0.2, 0.25) is 0 Å². The van der Waals surface area contributed by atoms with Crippen LogP contribution in [0.2, 0.25) is 0 Å². The zero-order chi connectivity index (χ0) is 28.1. The third-order valence-corrected chi connectivity index (χ3v) is 7.84. The fourth-order valence-electron chi connectivity index (χ4n) is 4.33. The van der Waals surface area contributed by atoms with Crippen LogP contribution in [0.5, 0.6) is 0 Å². The van der Waals surface area contributed by atoms with E-state index >= 15 is 0 Å². The van der Waals surface area contributed by atoms with Crippen LogP contribution in [0.4, 0.5) is 17.1 Å². The monoisotopic (exact) mass is 625 g/mol. The molecule has 3 aromatic carbocycles. The molecule has 0 aromatic heterocycles. The molecule has 0 saturated carbocycles. The van der Waals surface area contributed by atoms with Crippen molar-refractivity contribution in [2.45, 2.75) is 105 Å². The van der Waals surface area contributed by atoms with Gasteiger partial charge in [0.25, 0.3) is 0 Å². The van der Waals surface area contributed by atoms with Gasteiger partial charge in [-0.25, -0.2) is 0 Å². The number of rotatable bonds is 3. The second-order valence-corrected chi connectivity index (χ2v) is 16.3. The average Bonchev–Trinajstić information content (AvgIpc) is 2.70. The molecule has 0 unspecified atom stereocenters. The van der Waals surface area contributed by atoms with Crippen molar-refractivity contribution in [3.8, 4) is 0 Å². The molecule has 0 N–H and O–H groups in total. The predicted octanol–water partition coefficient (Wildman–Crippen LogP) is 11.9. The standard InChI is InChI=1S/C34H45Br2N/c1-31(2,3)22-13-23(32(4,5)6)16-28(15-22)37(30-20-26(35)19-27(36)21-30)29-17-24(33(7,8)9)14-25(18-29)34(10,11)12/h13-21H,1-12H3. The first-order valence-electron chi connectivity index (χ1n) is 13.2. The minimum absolute atomic E-state index is 0.0311. The highest BCUT2D eigenvalue weighted by molar-refractivity contribution is 9.11. The summed E-state index contributed by atoms with van der Waals surface area (Å²) in [5, 5.41) is 0. The van der Waals surface area contributed by atoms with Gasteiger partial charge in [0.15, 0.2) is 0 Å². The lowest BCUT2D eigenvalue weighted by atomic mass is 9.79. The molecule has 3 heteroatoms. The van der Waals surface area contributed by atoms with E-state index < -0.39 is 0 Å². The largest absolute Gasteiger partial charge is 0.310 e. The second kappa shape index (κ2) is 10.2. The molecular formula is C34H45Br2N. The summed E-state index contributed by atoms with van der Waals surface area (Å²) >= 11 is 7.51. The van der Waals surface area contributed by atoms with Gasteiger partial charge in [-0.1, -0.05) is 127 Å². The quantitative estimate of drug-likeness (QED) is 0.279. The predicted molar refractivity (Wildman–Crippen MR) is 171 cm³/mol. The van der Waals surface area contributed by atoms with E-state index in [0.29, 0.717) is 0 Å². The Morgan fingerprint density at radius 1 is 0.378 bits per heavy atom. The van der Waals surface area contributed by atoms with Crippen LogP contribution >= 0.6 is 31.9 Å². The minimum atomic E-state index is 0.0311. The third kappa shape index (κ3) is 7.30. The molecule has 0 amide bonds. The zero-order valence-electron chi connectivity index (χ0n) is 24.9. The molecular weight excluding hydrogens is 582 g/mol. The maximum absolute atomic E-state index is 3.75. The molecule has 0 aliphatic heterocycles. The molecule has 200 valence electrons. The summed E-state index contributed by atoms with van der Waals surface area (Å²) in [5.41, 5.74) is 9.00. The Balaban J connectivity index is 2.47. The first-order chi connectivity index (χ1) is 16.7. The highest BCUT2D eigenvalue weighted by atomic mass is 79.9. The first-order valence-corrected chi connectivity index (χ1v) is 14.8. The first kappa shape index (κ1) is 30.0. The van der Waals surface area contributed by atoms with Crippen LogP contribution < -0.4 is 4.90 Å². The Hall–Kier alpha value is -1.58. The van der Waals surface area contributed by atoms with Crippen LogP contribution in [0.15, 0.2) is 63.5 Å². The van der Waals surface area contributed by atoms with Crippen molar-refractivity contribution in [2.75, 3.05) is 4.90 Å². The number of nitrogens with zero attached hydrogens (tertiary/aromatic N) is 1. The van der Waals surface area contributed by atoms with Gasteiger partial charge >= 0.3 is 0 Å². The zero-order valence-corrected chi connectivity index (χ0v) is 28.1. The Morgan fingerprint density at radius 2 is 0.622 bits per heavy atom. The highest BCUT2D eigenvalue weighted by Gasteiger charge is 2.26. The summed E-state index contributed by atoms with van der Waals surface area (Å²) < 4.78 is 2.10. The van der Waals surface area contributed by atoms with Gasteiger partial charge in [-0.15, -0.1) is 0 Å². The SMILES string of the molecule is CC(C)(C)c1cc(N(c2cc(Br)cc(Br)c2)c2cc(C(C)(C)C)cc(C(C)(C)C)c2)cc(C(C)(C)C)c1. The molecule has 0 heterocycles. The van der Waals surface area contributed by atoms with E-state index in [1.54, 1.807) is 0 Å². The molecule has 0 spiro atoms. The van der Waals surface area contributed by atoms with Gasteiger partial charge < -0.3 is 4.90 Å². The molecule has 1 nitrogen and oxygen atoms in total. The maximum Gasteiger partial charge on any atom is 0.0484 e. The number of hydrogen-bond acceptors (Lipinski definition) is 1.